The maximum Gasteiger partial charge on any atom is 0.274 e. The van der Waals surface area contributed by atoms with Crippen LogP contribution in [0.25, 0.3) is 0 Å². The summed E-state index contributed by atoms with van der Waals surface area (Å²) in [5.41, 5.74) is 5.19. The van der Waals surface area contributed by atoms with Crippen molar-refractivity contribution < 1.29 is 4.79 Å². The molecule has 1 amide bonds. The summed E-state index contributed by atoms with van der Waals surface area (Å²) in [4.78, 5) is 20.9. The Balaban J connectivity index is 1.63. The smallest absolute Gasteiger partial charge is 0.274 e. The van der Waals surface area contributed by atoms with Crippen molar-refractivity contribution in [2.45, 2.75) is 26.1 Å². The zero-order chi connectivity index (χ0) is 19.5. The van der Waals surface area contributed by atoms with E-state index in [0.717, 1.165) is 31.6 Å². The van der Waals surface area contributed by atoms with Crippen LogP contribution in [0.1, 0.15) is 32.9 Å². The van der Waals surface area contributed by atoms with Gasteiger partial charge < -0.3 is 4.90 Å². The Hall–Kier alpha value is -2.99. The number of hydrogen-bond acceptors (Lipinski definition) is 4. The Morgan fingerprint density at radius 2 is 1.86 bits per heavy atom. The highest BCUT2D eigenvalue weighted by molar-refractivity contribution is 5.93. The van der Waals surface area contributed by atoms with Gasteiger partial charge in [-0.15, -0.1) is 0 Å². The Kier molecular flexibility index (Phi) is 5.21. The second kappa shape index (κ2) is 7.94. The number of rotatable bonds is 5. The minimum absolute atomic E-state index is 0.0358. The predicted octanol–water partition coefficient (Wildman–Crippen LogP) is 2.59. The lowest BCUT2D eigenvalue weighted by Gasteiger charge is -2.27. The SMILES string of the molecule is CN(C)C(=O)c1nn(Cc2ccccc2)c2c1CN(Cc1cccnc1)CC2. The molecule has 1 aliphatic rings. The molecule has 1 aromatic carbocycles. The molecule has 3 aromatic rings. The Morgan fingerprint density at radius 3 is 2.57 bits per heavy atom. The second-order valence-corrected chi connectivity index (χ2v) is 7.44. The van der Waals surface area contributed by atoms with Crippen LogP contribution in [0.4, 0.5) is 0 Å². The molecule has 0 saturated carbocycles. The molecule has 0 radical (unpaired) electrons. The minimum Gasteiger partial charge on any atom is -0.343 e. The highest BCUT2D eigenvalue weighted by Crippen LogP contribution is 2.25. The number of nitrogens with zero attached hydrogens (tertiary/aromatic N) is 5. The van der Waals surface area contributed by atoms with Crippen molar-refractivity contribution in [2.24, 2.45) is 0 Å². The first kappa shape index (κ1) is 18.4. The molecule has 0 saturated heterocycles. The third-order valence-electron chi connectivity index (χ3n) is 5.13. The van der Waals surface area contributed by atoms with Crippen molar-refractivity contribution in [3.05, 3.63) is 82.9 Å². The molecule has 28 heavy (non-hydrogen) atoms. The standard InChI is InChI=1S/C22H25N5O/c1-25(2)22(28)21-19-16-26(14-18-9-6-11-23-13-18)12-10-20(19)27(24-21)15-17-7-4-3-5-8-17/h3-9,11,13H,10,12,14-16H2,1-2H3. The van der Waals surface area contributed by atoms with Gasteiger partial charge in [0.2, 0.25) is 0 Å². The van der Waals surface area contributed by atoms with Crippen LogP contribution in [-0.2, 0) is 26.1 Å². The lowest BCUT2D eigenvalue weighted by atomic mass is 10.0. The number of benzene rings is 1. The van der Waals surface area contributed by atoms with E-state index in [0.29, 0.717) is 12.2 Å². The number of fused-ring (bicyclic) bond motifs is 1. The van der Waals surface area contributed by atoms with Gasteiger partial charge in [0.15, 0.2) is 5.69 Å². The van der Waals surface area contributed by atoms with Gasteiger partial charge in [-0.3, -0.25) is 19.4 Å². The van der Waals surface area contributed by atoms with Gasteiger partial charge in [-0.2, -0.15) is 5.10 Å². The second-order valence-electron chi connectivity index (χ2n) is 7.44. The third-order valence-corrected chi connectivity index (χ3v) is 5.13. The van der Waals surface area contributed by atoms with Gasteiger partial charge in [-0.25, -0.2) is 0 Å². The fourth-order valence-electron chi connectivity index (χ4n) is 3.70. The molecule has 0 spiro atoms. The van der Waals surface area contributed by atoms with E-state index < -0.39 is 0 Å². The van der Waals surface area contributed by atoms with E-state index >= 15 is 0 Å². The molecule has 0 atom stereocenters. The van der Waals surface area contributed by atoms with Crippen LogP contribution in [0, 0.1) is 0 Å². The lowest BCUT2D eigenvalue weighted by molar-refractivity contribution is 0.0818. The molecular formula is C22H25N5O. The van der Waals surface area contributed by atoms with Crippen LogP contribution in [0.3, 0.4) is 0 Å². The first-order chi connectivity index (χ1) is 13.6. The van der Waals surface area contributed by atoms with E-state index in [2.05, 4.69) is 28.1 Å². The fourth-order valence-corrected chi connectivity index (χ4v) is 3.70. The number of hydrogen-bond donors (Lipinski definition) is 0. The third kappa shape index (κ3) is 3.82. The molecule has 3 heterocycles. The lowest BCUT2D eigenvalue weighted by Crippen LogP contribution is -2.32. The van der Waals surface area contributed by atoms with E-state index in [1.54, 1.807) is 25.2 Å². The first-order valence-corrected chi connectivity index (χ1v) is 9.57. The maximum absolute atomic E-state index is 12.8. The summed E-state index contributed by atoms with van der Waals surface area (Å²) in [6, 6.07) is 14.3. The van der Waals surface area contributed by atoms with E-state index in [1.807, 2.05) is 35.1 Å². The van der Waals surface area contributed by atoms with Gasteiger partial charge in [0.1, 0.15) is 0 Å². The van der Waals surface area contributed by atoms with E-state index in [-0.39, 0.29) is 5.91 Å². The van der Waals surface area contributed by atoms with Crippen molar-refractivity contribution in [1.82, 2.24) is 24.6 Å². The van der Waals surface area contributed by atoms with Gasteiger partial charge in [0, 0.05) is 63.8 Å². The van der Waals surface area contributed by atoms with Gasteiger partial charge in [-0.05, 0) is 17.2 Å². The van der Waals surface area contributed by atoms with Gasteiger partial charge in [0.05, 0.1) is 6.54 Å². The molecule has 6 nitrogen and oxygen atoms in total. The van der Waals surface area contributed by atoms with Crippen LogP contribution in [0.2, 0.25) is 0 Å². The van der Waals surface area contributed by atoms with Gasteiger partial charge in [-0.1, -0.05) is 36.4 Å². The summed E-state index contributed by atoms with van der Waals surface area (Å²) in [7, 11) is 3.56. The van der Waals surface area contributed by atoms with Crippen LogP contribution < -0.4 is 0 Å². The fraction of sp³-hybridized carbons (Fsp3) is 0.318. The van der Waals surface area contributed by atoms with E-state index in [1.165, 1.54) is 16.8 Å². The summed E-state index contributed by atoms with van der Waals surface area (Å²) < 4.78 is 2.02. The van der Waals surface area contributed by atoms with Crippen molar-refractivity contribution in [2.75, 3.05) is 20.6 Å². The van der Waals surface area contributed by atoms with Crippen LogP contribution >= 0.6 is 0 Å². The average Bonchev–Trinajstić information content (AvgIpc) is 3.06. The van der Waals surface area contributed by atoms with Gasteiger partial charge >= 0.3 is 0 Å². The number of pyridine rings is 1. The number of carbonyl (C=O) groups is 1. The van der Waals surface area contributed by atoms with Crippen LogP contribution in [-0.4, -0.2) is 51.1 Å². The minimum atomic E-state index is -0.0358. The van der Waals surface area contributed by atoms with E-state index in [9.17, 15) is 4.79 Å². The summed E-state index contributed by atoms with van der Waals surface area (Å²) in [5.74, 6) is -0.0358. The highest BCUT2D eigenvalue weighted by Gasteiger charge is 2.28. The highest BCUT2D eigenvalue weighted by atomic mass is 16.2. The topological polar surface area (TPSA) is 54.3 Å². The molecule has 2 aromatic heterocycles. The summed E-state index contributed by atoms with van der Waals surface area (Å²) >= 11 is 0. The molecule has 0 aliphatic carbocycles. The molecule has 0 bridgehead atoms. The monoisotopic (exact) mass is 375 g/mol. The molecule has 144 valence electrons. The number of carbonyl (C=O) groups excluding carboxylic acids is 1. The zero-order valence-electron chi connectivity index (χ0n) is 16.4. The Morgan fingerprint density at radius 1 is 1.07 bits per heavy atom. The Labute approximate surface area is 165 Å². The number of amides is 1. The molecule has 0 fully saturated rings. The normalized spacial score (nSPS) is 13.9. The van der Waals surface area contributed by atoms with Gasteiger partial charge in [0.25, 0.3) is 5.91 Å². The van der Waals surface area contributed by atoms with Crippen LogP contribution in [0.15, 0.2) is 54.9 Å². The molecular weight excluding hydrogens is 350 g/mol. The predicted molar refractivity (Wildman–Crippen MR) is 108 cm³/mol. The largest absolute Gasteiger partial charge is 0.343 e. The van der Waals surface area contributed by atoms with E-state index in [4.69, 9.17) is 5.10 Å². The Bertz CT molecular complexity index is 950. The average molecular weight is 375 g/mol. The maximum atomic E-state index is 12.8. The molecule has 0 unspecified atom stereocenters. The van der Waals surface area contributed by atoms with Crippen LogP contribution in [0.5, 0.6) is 0 Å². The van der Waals surface area contributed by atoms with Crippen molar-refractivity contribution in [3.8, 4) is 0 Å². The molecule has 4 rings (SSSR count). The number of aromatic nitrogens is 3. The van der Waals surface area contributed by atoms with Crippen molar-refractivity contribution in [1.29, 1.82) is 0 Å². The van der Waals surface area contributed by atoms with Crippen molar-refractivity contribution in [3.63, 3.8) is 0 Å². The molecule has 6 heteroatoms. The molecule has 1 aliphatic heterocycles. The summed E-state index contributed by atoms with van der Waals surface area (Å²) in [6.07, 6.45) is 4.58. The quantitative estimate of drug-likeness (QED) is 0.688. The summed E-state index contributed by atoms with van der Waals surface area (Å²) in [6.45, 7) is 3.19. The molecule has 0 N–H and O–H groups in total. The van der Waals surface area contributed by atoms with Crippen molar-refractivity contribution >= 4 is 5.91 Å². The first-order valence-electron chi connectivity index (χ1n) is 9.57. The zero-order valence-corrected chi connectivity index (χ0v) is 16.4. The summed E-state index contributed by atoms with van der Waals surface area (Å²) in [5, 5.41) is 4.74.